The first-order valence-corrected chi connectivity index (χ1v) is 6.73. The molecule has 0 radical (unpaired) electrons. The molecule has 1 heterocycles. The molecule has 1 aliphatic heterocycles. The number of hydrogen-bond donors (Lipinski definition) is 2. The van der Waals surface area contributed by atoms with E-state index in [4.69, 9.17) is 0 Å². The molecule has 0 fully saturated rings. The highest BCUT2D eigenvalue weighted by molar-refractivity contribution is 8.14. The third-order valence-corrected chi connectivity index (χ3v) is 3.89. The van der Waals surface area contributed by atoms with E-state index in [1.54, 1.807) is 11.8 Å². The van der Waals surface area contributed by atoms with E-state index in [-0.39, 0.29) is 5.91 Å². The maximum absolute atomic E-state index is 11.3. The lowest BCUT2D eigenvalue weighted by Crippen LogP contribution is -2.36. The average Bonchev–Trinajstić information content (AvgIpc) is 2.72. The van der Waals surface area contributed by atoms with Crippen molar-refractivity contribution >= 4 is 22.8 Å². The summed E-state index contributed by atoms with van der Waals surface area (Å²) in [5.74, 6) is 0.667. The van der Waals surface area contributed by atoms with Crippen molar-refractivity contribution in [2.75, 3.05) is 19.6 Å². The molecular formula is C11H21N3OS. The van der Waals surface area contributed by atoms with E-state index in [1.807, 2.05) is 6.92 Å². The molecule has 2 N–H and O–H groups in total. The van der Waals surface area contributed by atoms with Gasteiger partial charge in [0.2, 0.25) is 5.91 Å². The molecule has 1 amide bonds. The summed E-state index contributed by atoms with van der Waals surface area (Å²) in [6.07, 6.45) is 0.969. The topological polar surface area (TPSA) is 53.5 Å². The third kappa shape index (κ3) is 4.43. The zero-order valence-corrected chi connectivity index (χ0v) is 11.1. The molecule has 0 aromatic carbocycles. The Morgan fingerprint density at radius 2 is 2.38 bits per heavy atom. The van der Waals surface area contributed by atoms with Gasteiger partial charge in [-0.2, -0.15) is 0 Å². The molecular weight excluding hydrogens is 222 g/mol. The second-order valence-electron chi connectivity index (χ2n) is 4.25. The van der Waals surface area contributed by atoms with Crippen molar-refractivity contribution in [2.45, 2.75) is 32.4 Å². The number of nitrogens with one attached hydrogen (secondary N) is 2. The Hall–Kier alpha value is -0.710. The molecule has 0 saturated carbocycles. The number of carbonyl (C=O) groups is 1. The molecule has 1 unspecified atom stereocenters. The van der Waals surface area contributed by atoms with Gasteiger partial charge < -0.3 is 10.6 Å². The summed E-state index contributed by atoms with van der Waals surface area (Å²) in [6, 6.07) is 0. The number of hydrogen-bond acceptors (Lipinski definition) is 4. The molecule has 16 heavy (non-hydrogen) atoms. The average molecular weight is 243 g/mol. The quantitative estimate of drug-likeness (QED) is 0.763. The van der Waals surface area contributed by atoms with E-state index in [1.165, 1.54) is 0 Å². The molecule has 0 saturated heterocycles. The highest BCUT2D eigenvalue weighted by atomic mass is 32.2. The van der Waals surface area contributed by atoms with Crippen LogP contribution in [0.4, 0.5) is 0 Å². The van der Waals surface area contributed by atoms with Crippen LogP contribution in [-0.2, 0) is 4.79 Å². The van der Waals surface area contributed by atoms with E-state index in [0.717, 1.165) is 24.7 Å². The van der Waals surface area contributed by atoms with Crippen LogP contribution in [0.1, 0.15) is 27.2 Å². The van der Waals surface area contributed by atoms with Crippen LogP contribution in [0.3, 0.4) is 0 Å². The van der Waals surface area contributed by atoms with Crippen molar-refractivity contribution in [1.82, 2.24) is 10.6 Å². The lowest BCUT2D eigenvalue weighted by atomic mass is 10.1. The molecule has 1 aliphatic rings. The van der Waals surface area contributed by atoms with Gasteiger partial charge in [-0.3, -0.25) is 9.79 Å². The number of amides is 1. The summed E-state index contributed by atoms with van der Waals surface area (Å²) in [6.45, 7) is 8.37. The van der Waals surface area contributed by atoms with Gasteiger partial charge in [-0.25, -0.2) is 0 Å². The highest BCUT2D eigenvalue weighted by Gasteiger charge is 2.22. The third-order valence-electron chi connectivity index (χ3n) is 2.39. The standard InChI is InChI=1S/C11H21N3OS/c1-4-5-12-10(15)7-14-11-13-6-9(16-11)8(2)3/h8-9H,4-7H2,1-3H3,(H,12,15)(H,13,14). The lowest BCUT2D eigenvalue weighted by Gasteiger charge is -2.12. The molecule has 1 rings (SSSR count). The second kappa shape index (κ2) is 6.78. The van der Waals surface area contributed by atoms with Gasteiger partial charge in [0.15, 0.2) is 5.17 Å². The molecule has 0 spiro atoms. The fraction of sp³-hybridized carbons (Fsp3) is 0.818. The van der Waals surface area contributed by atoms with Gasteiger partial charge in [0.25, 0.3) is 0 Å². The van der Waals surface area contributed by atoms with Crippen LogP contribution in [0.2, 0.25) is 0 Å². The minimum absolute atomic E-state index is 0.0400. The predicted octanol–water partition coefficient (Wildman–Crippen LogP) is 1.23. The second-order valence-corrected chi connectivity index (χ2v) is 5.48. The van der Waals surface area contributed by atoms with E-state index in [2.05, 4.69) is 29.5 Å². The Balaban J connectivity index is 2.17. The van der Waals surface area contributed by atoms with Gasteiger partial charge in [0.05, 0.1) is 13.1 Å². The summed E-state index contributed by atoms with van der Waals surface area (Å²) in [5, 5.41) is 7.36. The highest BCUT2D eigenvalue weighted by Crippen LogP contribution is 2.25. The number of rotatable bonds is 5. The minimum atomic E-state index is 0.0400. The first-order chi connectivity index (χ1) is 7.63. The number of carbonyl (C=O) groups excluding carboxylic acids is 1. The van der Waals surface area contributed by atoms with Crippen molar-refractivity contribution in [2.24, 2.45) is 10.9 Å². The summed E-state index contributed by atoms with van der Waals surface area (Å²) in [5.41, 5.74) is 0. The van der Waals surface area contributed by atoms with Crippen LogP contribution in [0.25, 0.3) is 0 Å². The van der Waals surface area contributed by atoms with Gasteiger partial charge in [0, 0.05) is 11.8 Å². The smallest absolute Gasteiger partial charge is 0.239 e. The van der Waals surface area contributed by atoms with E-state index in [0.29, 0.717) is 17.7 Å². The summed E-state index contributed by atoms with van der Waals surface area (Å²) in [4.78, 5) is 15.7. The van der Waals surface area contributed by atoms with Gasteiger partial charge >= 0.3 is 0 Å². The van der Waals surface area contributed by atoms with Gasteiger partial charge in [-0.05, 0) is 12.3 Å². The van der Waals surface area contributed by atoms with E-state index < -0.39 is 0 Å². The summed E-state index contributed by atoms with van der Waals surface area (Å²) in [7, 11) is 0. The Kier molecular flexibility index (Phi) is 5.66. The fourth-order valence-electron chi connectivity index (χ4n) is 1.32. The zero-order valence-electron chi connectivity index (χ0n) is 10.2. The van der Waals surface area contributed by atoms with Crippen LogP contribution < -0.4 is 10.6 Å². The Morgan fingerprint density at radius 3 is 2.94 bits per heavy atom. The lowest BCUT2D eigenvalue weighted by molar-refractivity contribution is -0.119. The van der Waals surface area contributed by atoms with Crippen molar-refractivity contribution in [3.05, 3.63) is 0 Å². The van der Waals surface area contributed by atoms with Crippen LogP contribution in [0, 0.1) is 5.92 Å². The Morgan fingerprint density at radius 1 is 1.62 bits per heavy atom. The van der Waals surface area contributed by atoms with Crippen molar-refractivity contribution in [3.8, 4) is 0 Å². The molecule has 1 atom stereocenters. The number of aliphatic imine (C=N–C) groups is 1. The van der Waals surface area contributed by atoms with Crippen LogP contribution in [-0.4, -0.2) is 36.0 Å². The van der Waals surface area contributed by atoms with Gasteiger partial charge in [-0.1, -0.05) is 32.5 Å². The molecule has 0 aromatic heterocycles. The minimum Gasteiger partial charge on any atom is -0.356 e. The van der Waals surface area contributed by atoms with Crippen molar-refractivity contribution < 1.29 is 4.79 Å². The van der Waals surface area contributed by atoms with Crippen LogP contribution >= 0.6 is 11.8 Å². The maximum Gasteiger partial charge on any atom is 0.239 e. The Bertz CT molecular complexity index is 266. The monoisotopic (exact) mass is 243 g/mol. The molecule has 4 nitrogen and oxygen atoms in total. The molecule has 0 bridgehead atoms. The summed E-state index contributed by atoms with van der Waals surface area (Å²) >= 11 is 1.74. The first-order valence-electron chi connectivity index (χ1n) is 5.85. The van der Waals surface area contributed by atoms with Crippen molar-refractivity contribution in [3.63, 3.8) is 0 Å². The molecule has 0 aromatic rings. The van der Waals surface area contributed by atoms with Gasteiger partial charge in [0.1, 0.15) is 0 Å². The SMILES string of the molecule is CCCNC(=O)CNC1=NCC(C(C)C)S1. The first kappa shape index (κ1) is 13.4. The predicted molar refractivity (Wildman–Crippen MR) is 69.8 cm³/mol. The van der Waals surface area contributed by atoms with Crippen molar-refractivity contribution in [1.29, 1.82) is 0 Å². The number of amidine groups is 1. The summed E-state index contributed by atoms with van der Waals surface area (Å²) < 4.78 is 0. The Labute approximate surface area is 102 Å². The van der Waals surface area contributed by atoms with Crippen LogP contribution in [0.15, 0.2) is 4.99 Å². The van der Waals surface area contributed by atoms with Gasteiger partial charge in [-0.15, -0.1) is 0 Å². The molecule has 92 valence electrons. The fourth-order valence-corrected chi connectivity index (χ4v) is 2.33. The normalized spacial score (nSPS) is 19.8. The van der Waals surface area contributed by atoms with Crippen LogP contribution in [0.5, 0.6) is 0 Å². The van der Waals surface area contributed by atoms with E-state index in [9.17, 15) is 4.79 Å². The zero-order chi connectivity index (χ0) is 12.0. The molecule has 0 aliphatic carbocycles. The largest absolute Gasteiger partial charge is 0.356 e. The number of nitrogens with zero attached hydrogens (tertiary/aromatic N) is 1. The molecule has 5 heteroatoms. The maximum atomic E-state index is 11.3. The number of thioether (sulfide) groups is 1. The van der Waals surface area contributed by atoms with E-state index >= 15 is 0 Å².